The van der Waals surface area contributed by atoms with Gasteiger partial charge in [0, 0.05) is 32.1 Å². The lowest BCUT2D eigenvalue weighted by Gasteiger charge is -2.26. The number of nitrogens with zero attached hydrogens (tertiary/aromatic N) is 3. The van der Waals surface area contributed by atoms with Crippen LogP contribution in [-0.2, 0) is 18.2 Å². The van der Waals surface area contributed by atoms with E-state index in [4.69, 9.17) is 4.74 Å². The molecule has 1 fully saturated rings. The molecule has 2 aromatic rings. The van der Waals surface area contributed by atoms with Crippen molar-refractivity contribution in [3.8, 4) is 0 Å². The van der Waals surface area contributed by atoms with Crippen molar-refractivity contribution in [3.63, 3.8) is 0 Å². The first-order chi connectivity index (χ1) is 9.70. The maximum atomic E-state index is 12.4. The molecule has 5 nitrogen and oxygen atoms in total. The van der Waals surface area contributed by atoms with Gasteiger partial charge in [-0.1, -0.05) is 6.92 Å². The van der Waals surface area contributed by atoms with Crippen molar-refractivity contribution in [2.75, 3.05) is 26.3 Å². The molecule has 0 aliphatic carbocycles. The number of amides is 1. The van der Waals surface area contributed by atoms with Crippen LogP contribution in [0.15, 0.2) is 18.2 Å². The highest BCUT2D eigenvalue weighted by Crippen LogP contribution is 2.18. The first-order valence-electron chi connectivity index (χ1n) is 7.03. The van der Waals surface area contributed by atoms with E-state index in [1.165, 1.54) is 0 Å². The van der Waals surface area contributed by atoms with Crippen LogP contribution in [0, 0.1) is 0 Å². The third-order valence-electron chi connectivity index (χ3n) is 3.83. The van der Waals surface area contributed by atoms with Crippen LogP contribution >= 0.6 is 0 Å². The van der Waals surface area contributed by atoms with Gasteiger partial charge in [0.1, 0.15) is 5.82 Å². The topological polar surface area (TPSA) is 47.4 Å². The molecule has 106 valence electrons. The number of hydrogen-bond donors (Lipinski definition) is 0. The third-order valence-corrected chi connectivity index (χ3v) is 3.83. The molecule has 0 atom stereocenters. The summed E-state index contributed by atoms with van der Waals surface area (Å²) in [5, 5.41) is 0. The fourth-order valence-corrected chi connectivity index (χ4v) is 2.65. The van der Waals surface area contributed by atoms with Gasteiger partial charge in [0.25, 0.3) is 5.91 Å². The van der Waals surface area contributed by atoms with Crippen molar-refractivity contribution in [2.45, 2.75) is 13.3 Å². The molecule has 0 bridgehead atoms. The van der Waals surface area contributed by atoms with Crippen LogP contribution in [-0.4, -0.2) is 46.7 Å². The van der Waals surface area contributed by atoms with Gasteiger partial charge < -0.3 is 14.2 Å². The van der Waals surface area contributed by atoms with E-state index in [2.05, 4.69) is 16.5 Å². The molecule has 1 aliphatic heterocycles. The lowest BCUT2D eigenvalue weighted by atomic mass is 10.1. The zero-order chi connectivity index (χ0) is 14.1. The van der Waals surface area contributed by atoms with Gasteiger partial charge in [-0.15, -0.1) is 0 Å². The Bertz CT molecular complexity index is 642. The summed E-state index contributed by atoms with van der Waals surface area (Å²) >= 11 is 0. The normalized spacial score (nSPS) is 15.8. The molecule has 20 heavy (non-hydrogen) atoms. The fourth-order valence-electron chi connectivity index (χ4n) is 2.65. The van der Waals surface area contributed by atoms with E-state index in [9.17, 15) is 4.79 Å². The predicted molar refractivity (Wildman–Crippen MR) is 76.8 cm³/mol. The first-order valence-corrected chi connectivity index (χ1v) is 7.03. The third kappa shape index (κ3) is 2.18. The molecule has 1 saturated heterocycles. The molecular weight excluding hydrogens is 254 g/mol. The maximum Gasteiger partial charge on any atom is 0.254 e. The molecule has 2 heterocycles. The van der Waals surface area contributed by atoms with Crippen LogP contribution in [0.2, 0.25) is 0 Å². The first kappa shape index (κ1) is 13.1. The van der Waals surface area contributed by atoms with Gasteiger partial charge in [-0.25, -0.2) is 4.98 Å². The molecule has 5 heteroatoms. The zero-order valence-electron chi connectivity index (χ0n) is 11.9. The van der Waals surface area contributed by atoms with Gasteiger partial charge in [-0.2, -0.15) is 0 Å². The number of benzene rings is 1. The van der Waals surface area contributed by atoms with E-state index >= 15 is 0 Å². The largest absolute Gasteiger partial charge is 0.378 e. The van der Waals surface area contributed by atoms with Crippen molar-refractivity contribution in [1.82, 2.24) is 14.5 Å². The van der Waals surface area contributed by atoms with Gasteiger partial charge in [-0.3, -0.25) is 4.79 Å². The van der Waals surface area contributed by atoms with Gasteiger partial charge in [0.2, 0.25) is 0 Å². The molecule has 0 radical (unpaired) electrons. The minimum Gasteiger partial charge on any atom is -0.378 e. The smallest absolute Gasteiger partial charge is 0.254 e. The summed E-state index contributed by atoms with van der Waals surface area (Å²) < 4.78 is 7.36. The number of aromatic nitrogens is 2. The summed E-state index contributed by atoms with van der Waals surface area (Å²) in [5.41, 5.74) is 2.67. The standard InChI is InChI=1S/C15H19N3O2/c1-3-14-16-12-10-11(4-5-13(12)17(14)2)15(19)18-6-8-20-9-7-18/h4-5,10H,3,6-9H2,1-2H3. The Kier molecular flexibility index (Phi) is 3.44. The van der Waals surface area contributed by atoms with Crippen molar-refractivity contribution in [1.29, 1.82) is 0 Å². The summed E-state index contributed by atoms with van der Waals surface area (Å²) in [6.07, 6.45) is 0.887. The van der Waals surface area contributed by atoms with Crippen LogP contribution in [0.25, 0.3) is 11.0 Å². The Hall–Kier alpha value is -1.88. The number of aryl methyl sites for hydroxylation is 2. The van der Waals surface area contributed by atoms with Crippen LogP contribution in [0.4, 0.5) is 0 Å². The summed E-state index contributed by atoms with van der Waals surface area (Å²) in [5.74, 6) is 1.11. The molecule has 1 aromatic heterocycles. The second kappa shape index (κ2) is 5.25. The fraction of sp³-hybridized carbons (Fsp3) is 0.467. The Morgan fingerprint density at radius 1 is 1.35 bits per heavy atom. The number of fused-ring (bicyclic) bond motifs is 1. The average molecular weight is 273 g/mol. The Morgan fingerprint density at radius 2 is 2.10 bits per heavy atom. The second-order valence-electron chi connectivity index (χ2n) is 5.05. The van der Waals surface area contributed by atoms with Crippen LogP contribution in [0.5, 0.6) is 0 Å². The van der Waals surface area contributed by atoms with Crippen molar-refractivity contribution >= 4 is 16.9 Å². The van der Waals surface area contributed by atoms with E-state index in [0.717, 1.165) is 23.3 Å². The Labute approximate surface area is 118 Å². The van der Waals surface area contributed by atoms with Crippen LogP contribution in [0.1, 0.15) is 23.1 Å². The number of hydrogen-bond acceptors (Lipinski definition) is 3. The van der Waals surface area contributed by atoms with Crippen LogP contribution < -0.4 is 0 Å². The minimum atomic E-state index is 0.0684. The van der Waals surface area contributed by atoms with E-state index in [1.807, 2.05) is 30.1 Å². The van der Waals surface area contributed by atoms with E-state index in [1.54, 1.807) is 0 Å². The summed E-state index contributed by atoms with van der Waals surface area (Å²) in [6.45, 7) is 4.66. The molecule has 1 amide bonds. The highest BCUT2D eigenvalue weighted by Gasteiger charge is 2.19. The lowest BCUT2D eigenvalue weighted by molar-refractivity contribution is 0.0303. The van der Waals surface area contributed by atoms with E-state index < -0.39 is 0 Å². The van der Waals surface area contributed by atoms with E-state index in [-0.39, 0.29) is 5.91 Å². The summed E-state index contributed by atoms with van der Waals surface area (Å²) in [4.78, 5) is 18.9. The molecule has 0 N–H and O–H groups in total. The highest BCUT2D eigenvalue weighted by atomic mass is 16.5. The lowest BCUT2D eigenvalue weighted by Crippen LogP contribution is -2.40. The molecule has 0 spiro atoms. The molecule has 0 saturated carbocycles. The second-order valence-corrected chi connectivity index (χ2v) is 5.05. The van der Waals surface area contributed by atoms with Crippen molar-refractivity contribution < 1.29 is 9.53 Å². The summed E-state index contributed by atoms with van der Waals surface area (Å²) in [7, 11) is 2.01. The Morgan fingerprint density at radius 3 is 2.80 bits per heavy atom. The molecule has 3 rings (SSSR count). The molecule has 1 aliphatic rings. The number of ether oxygens (including phenoxy) is 1. The van der Waals surface area contributed by atoms with Crippen molar-refractivity contribution in [3.05, 3.63) is 29.6 Å². The molecular formula is C15H19N3O2. The number of rotatable bonds is 2. The van der Waals surface area contributed by atoms with Crippen LogP contribution in [0.3, 0.4) is 0 Å². The van der Waals surface area contributed by atoms with Crippen molar-refractivity contribution in [2.24, 2.45) is 7.05 Å². The number of imidazole rings is 1. The highest BCUT2D eigenvalue weighted by molar-refractivity contribution is 5.97. The SMILES string of the molecule is CCc1nc2cc(C(=O)N3CCOCC3)ccc2n1C. The number of morpholine rings is 1. The number of carbonyl (C=O) groups excluding carboxylic acids is 1. The van der Waals surface area contributed by atoms with Gasteiger partial charge in [0.05, 0.1) is 24.2 Å². The molecule has 1 aromatic carbocycles. The van der Waals surface area contributed by atoms with Gasteiger partial charge >= 0.3 is 0 Å². The quantitative estimate of drug-likeness (QED) is 0.835. The molecule has 0 unspecified atom stereocenters. The minimum absolute atomic E-state index is 0.0684. The zero-order valence-corrected chi connectivity index (χ0v) is 11.9. The van der Waals surface area contributed by atoms with E-state index in [0.29, 0.717) is 31.9 Å². The summed E-state index contributed by atoms with van der Waals surface area (Å²) in [6, 6.07) is 5.77. The van der Waals surface area contributed by atoms with Gasteiger partial charge in [-0.05, 0) is 18.2 Å². The Balaban J connectivity index is 1.94. The maximum absolute atomic E-state index is 12.4. The predicted octanol–water partition coefficient (Wildman–Crippen LogP) is 1.61. The van der Waals surface area contributed by atoms with Gasteiger partial charge in [0.15, 0.2) is 0 Å². The number of carbonyl (C=O) groups is 1. The average Bonchev–Trinajstić information content (AvgIpc) is 2.83. The monoisotopic (exact) mass is 273 g/mol.